The predicted octanol–water partition coefficient (Wildman–Crippen LogP) is 0.0280. The van der Waals surface area contributed by atoms with Gasteiger partial charge in [-0.3, -0.25) is 9.59 Å². The van der Waals surface area contributed by atoms with Crippen LogP contribution in [0.2, 0.25) is 0 Å². The molecular formula is C10H20N2O2. The molecule has 0 aromatic carbocycles. The summed E-state index contributed by atoms with van der Waals surface area (Å²) in [5.41, 5.74) is 0. The quantitative estimate of drug-likeness (QED) is 0.581. The van der Waals surface area contributed by atoms with E-state index in [1.807, 2.05) is 38.0 Å². The van der Waals surface area contributed by atoms with Crippen molar-refractivity contribution in [1.82, 2.24) is 9.80 Å². The highest BCUT2D eigenvalue weighted by Crippen LogP contribution is 1.95. The van der Waals surface area contributed by atoms with E-state index in [9.17, 15) is 9.59 Å². The molecule has 4 nitrogen and oxygen atoms in total. The van der Waals surface area contributed by atoms with Gasteiger partial charge in [0.05, 0.1) is 13.1 Å². The van der Waals surface area contributed by atoms with Gasteiger partial charge < -0.3 is 9.80 Å². The van der Waals surface area contributed by atoms with Crippen molar-refractivity contribution in [3.63, 3.8) is 0 Å². The third-order valence-corrected chi connectivity index (χ3v) is 1.67. The molecule has 82 valence electrons. The average molecular weight is 200 g/mol. The smallest absolute Gasteiger partial charge is 0.147 e. The number of carbonyl (C=O) groups excluding carboxylic acids is 2. The summed E-state index contributed by atoms with van der Waals surface area (Å²) >= 11 is 0. The van der Waals surface area contributed by atoms with Gasteiger partial charge in [0.2, 0.25) is 0 Å². The van der Waals surface area contributed by atoms with Crippen LogP contribution in [-0.2, 0) is 9.59 Å². The Bertz CT molecular complexity index is 178. The number of carbonyl (C=O) groups is 2. The zero-order valence-corrected chi connectivity index (χ0v) is 9.54. The van der Waals surface area contributed by atoms with E-state index in [1.54, 1.807) is 0 Å². The standard InChI is InChI=1S/C10H20N2O2/c1-11(2)7-9(13)5-6-10(14)8-12(3)4/h5-8H2,1-4H3. The van der Waals surface area contributed by atoms with Crippen LogP contribution in [-0.4, -0.2) is 62.6 Å². The normalized spacial score (nSPS) is 11.0. The van der Waals surface area contributed by atoms with Crippen molar-refractivity contribution in [3.05, 3.63) is 0 Å². The maximum Gasteiger partial charge on any atom is 0.147 e. The fraction of sp³-hybridized carbons (Fsp3) is 0.800. The summed E-state index contributed by atoms with van der Waals surface area (Å²) in [6.45, 7) is 0.852. The maximum absolute atomic E-state index is 11.2. The van der Waals surface area contributed by atoms with E-state index in [1.165, 1.54) is 0 Å². The number of ketones is 2. The maximum atomic E-state index is 11.2. The van der Waals surface area contributed by atoms with Gasteiger partial charge in [-0.2, -0.15) is 0 Å². The Morgan fingerprint density at radius 3 is 1.29 bits per heavy atom. The van der Waals surface area contributed by atoms with Gasteiger partial charge in [-0.15, -0.1) is 0 Å². The lowest BCUT2D eigenvalue weighted by Crippen LogP contribution is -2.25. The summed E-state index contributed by atoms with van der Waals surface area (Å²) in [6.07, 6.45) is 0.732. The minimum atomic E-state index is 0.127. The Hall–Kier alpha value is -0.740. The van der Waals surface area contributed by atoms with E-state index in [4.69, 9.17) is 0 Å². The Morgan fingerprint density at radius 2 is 1.07 bits per heavy atom. The lowest BCUT2D eigenvalue weighted by molar-refractivity contribution is -0.124. The van der Waals surface area contributed by atoms with Crippen molar-refractivity contribution in [2.45, 2.75) is 12.8 Å². The van der Waals surface area contributed by atoms with Gasteiger partial charge in [0.15, 0.2) is 0 Å². The molecule has 0 N–H and O–H groups in total. The van der Waals surface area contributed by atoms with Gasteiger partial charge >= 0.3 is 0 Å². The second-order valence-corrected chi connectivity index (χ2v) is 4.05. The molecule has 0 heterocycles. The Labute approximate surface area is 85.9 Å². The first-order valence-corrected chi connectivity index (χ1v) is 4.74. The van der Waals surface area contributed by atoms with Crippen LogP contribution in [0.3, 0.4) is 0 Å². The third kappa shape index (κ3) is 7.89. The molecule has 0 aliphatic carbocycles. The summed E-state index contributed by atoms with van der Waals surface area (Å²) in [5, 5.41) is 0. The van der Waals surface area contributed by atoms with Gasteiger partial charge in [-0.25, -0.2) is 0 Å². The van der Waals surface area contributed by atoms with Crippen LogP contribution in [0.5, 0.6) is 0 Å². The van der Waals surface area contributed by atoms with Crippen molar-refractivity contribution >= 4 is 11.6 Å². The molecule has 14 heavy (non-hydrogen) atoms. The second-order valence-electron chi connectivity index (χ2n) is 4.05. The molecule has 0 bridgehead atoms. The van der Waals surface area contributed by atoms with Gasteiger partial charge in [-0.1, -0.05) is 0 Å². The molecule has 0 atom stereocenters. The van der Waals surface area contributed by atoms with Crippen LogP contribution < -0.4 is 0 Å². The van der Waals surface area contributed by atoms with Gasteiger partial charge in [-0.05, 0) is 28.2 Å². The molecule has 0 aromatic heterocycles. The van der Waals surface area contributed by atoms with E-state index >= 15 is 0 Å². The highest BCUT2D eigenvalue weighted by molar-refractivity contribution is 5.87. The fourth-order valence-corrected chi connectivity index (χ4v) is 1.14. The van der Waals surface area contributed by atoms with Gasteiger partial charge in [0, 0.05) is 12.8 Å². The number of Topliss-reactive ketones (excluding diaryl/α,β-unsaturated/α-hetero) is 2. The molecule has 0 aromatic rings. The largest absolute Gasteiger partial charge is 0.302 e. The van der Waals surface area contributed by atoms with Gasteiger partial charge in [0.1, 0.15) is 11.6 Å². The van der Waals surface area contributed by atoms with Crippen molar-refractivity contribution in [2.24, 2.45) is 0 Å². The van der Waals surface area contributed by atoms with Crippen LogP contribution in [0.1, 0.15) is 12.8 Å². The highest BCUT2D eigenvalue weighted by atomic mass is 16.1. The highest BCUT2D eigenvalue weighted by Gasteiger charge is 2.08. The van der Waals surface area contributed by atoms with Crippen molar-refractivity contribution < 1.29 is 9.59 Å². The number of hydrogen-bond donors (Lipinski definition) is 0. The molecule has 0 aliphatic rings. The molecule has 0 saturated carbocycles. The molecular weight excluding hydrogens is 180 g/mol. The molecule has 4 heteroatoms. The fourth-order valence-electron chi connectivity index (χ4n) is 1.14. The molecule has 0 saturated heterocycles. The summed E-state index contributed by atoms with van der Waals surface area (Å²) in [5.74, 6) is 0.254. The van der Waals surface area contributed by atoms with Crippen LogP contribution in [0.4, 0.5) is 0 Å². The van der Waals surface area contributed by atoms with E-state index < -0.39 is 0 Å². The number of likely N-dealkylation sites (N-methyl/N-ethyl adjacent to an activating group) is 2. The minimum absolute atomic E-state index is 0.127. The topological polar surface area (TPSA) is 40.6 Å². The summed E-state index contributed by atoms with van der Waals surface area (Å²) in [6, 6.07) is 0. The van der Waals surface area contributed by atoms with Crippen LogP contribution in [0, 0.1) is 0 Å². The third-order valence-electron chi connectivity index (χ3n) is 1.67. The molecule has 0 spiro atoms. The summed E-state index contributed by atoms with van der Waals surface area (Å²) < 4.78 is 0. The van der Waals surface area contributed by atoms with Crippen LogP contribution >= 0.6 is 0 Å². The summed E-state index contributed by atoms with van der Waals surface area (Å²) in [4.78, 5) is 26.1. The monoisotopic (exact) mass is 200 g/mol. The first-order chi connectivity index (χ1) is 6.41. The zero-order chi connectivity index (χ0) is 11.1. The van der Waals surface area contributed by atoms with E-state index in [0.29, 0.717) is 25.9 Å². The molecule has 0 rings (SSSR count). The zero-order valence-electron chi connectivity index (χ0n) is 9.54. The Kier molecular flexibility index (Phi) is 6.32. The lowest BCUT2D eigenvalue weighted by Gasteiger charge is -2.09. The van der Waals surface area contributed by atoms with Crippen LogP contribution in [0.25, 0.3) is 0 Å². The predicted molar refractivity (Wildman–Crippen MR) is 56.4 cm³/mol. The number of hydrogen-bond acceptors (Lipinski definition) is 4. The first-order valence-electron chi connectivity index (χ1n) is 4.74. The van der Waals surface area contributed by atoms with E-state index in [2.05, 4.69) is 0 Å². The van der Waals surface area contributed by atoms with Crippen molar-refractivity contribution in [1.29, 1.82) is 0 Å². The van der Waals surface area contributed by atoms with Gasteiger partial charge in [0.25, 0.3) is 0 Å². The molecule has 0 fully saturated rings. The lowest BCUT2D eigenvalue weighted by atomic mass is 10.1. The van der Waals surface area contributed by atoms with E-state index in [-0.39, 0.29) is 11.6 Å². The number of nitrogens with zero attached hydrogens (tertiary/aromatic N) is 2. The molecule has 0 aliphatic heterocycles. The average Bonchev–Trinajstić information content (AvgIpc) is 1.98. The SMILES string of the molecule is CN(C)CC(=O)CCC(=O)CN(C)C. The first kappa shape index (κ1) is 13.3. The van der Waals surface area contributed by atoms with Crippen molar-refractivity contribution in [2.75, 3.05) is 41.3 Å². The molecule has 0 amide bonds. The minimum Gasteiger partial charge on any atom is -0.302 e. The number of rotatable bonds is 7. The van der Waals surface area contributed by atoms with E-state index in [0.717, 1.165) is 0 Å². The second kappa shape index (κ2) is 6.68. The van der Waals surface area contributed by atoms with Crippen molar-refractivity contribution in [3.8, 4) is 0 Å². The Morgan fingerprint density at radius 1 is 0.786 bits per heavy atom. The summed E-state index contributed by atoms with van der Waals surface area (Å²) in [7, 11) is 7.39. The molecule has 0 unspecified atom stereocenters. The Balaban J connectivity index is 3.61. The van der Waals surface area contributed by atoms with Crippen LogP contribution in [0.15, 0.2) is 0 Å². The molecule has 0 radical (unpaired) electrons.